The number of nitrogens with two attached hydrogens (primary N) is 3. The van der Waals surface area contributed by atoms with Crippen LogP contribution in [0.5, 0.6) is 0 Å². The van der Waals surface area contributed by atoms with E-state index in [1.165, 1.54) is 0 Å². The Hall–Kier alpha value is -2.37. The number of aryl methyl sites for hydroxylation is 1. The molecule has 16 heavy (non-hydrogen) atoms. The summed E-state index contributed by atoms with van der Waals surface area (Å²) in [6, 6.07) is 4.96. The number of benzene rings is 1. The Kier molecular flexibility index (Phi) is 3.60. The standard InChI is InChI=1S/C10H13N5O/c1-6-4-7(9(12)15-14-5-11)2-3-8(6)10(13)16/h2-5H,1H3,(H2,11,14)(H2,12,15)(H2,13,16). The predicted molar refractivity (Wildman–Crippen MR) is 63.1 cm³/mol. The number of carbonyl (C=O) groups is 1. The summed E-state index contributed by atoms with van der Waals surface area (Å²) in [6.07, 6.45) is 1.04. The largest absolute Gasteiger partial charge is 0.388 e. The van der Waals surface area contributed by atoms with E-state index >= 15 is 0 Å². The number of nitrogens with zero attached hydrogens (tertiary/aromatic N) is 2. The highest BCUT2D eigenvalue weighted by atomic mass is 16.1. The number of amides is 1. The first-order valence-corrected chi connectivity index (χ1v) is 4.53. The lowest BCUT2D eigenvalue weighted by molar-refractivity contribution is 0.0999. The summed E-state index contributed by atoms with van der Waals surface area (Å²) < 4.78 is 0. The van der Waals surface area contributed by atoms with Crippen molar-refractivity contribution in [3.63, 3.8) is 0 Å². The molecule has 84 valence electrons. The Morgan fingerprint density at radius 2 is 2.06 bits per heavy atom. The lowest BCUT2D eigenvalue weighted by Gasteiger charge is -2.04. The maximum absolute atomic E-state index is 11.0. The van der Waals surface area contributed by atoms with E-state index in [2.05, 4.69) is 10.2 Å². The Morgan fingerprint density at radius 1 is 1.38 bits per heavy atom. The highest BCUT2D eigenvalue weighted by molar-refractivity contribution is 6.00. The lowest BCUT2D eigenvalue weighted by Crippen LogP contribution is -2.16. The second kappa shape index (κ2) is 4.92. The summed E-state index contributed by atoms with van der Waals surface area (Å²) in [7, 11) is 0. The zero-order valence-corrected chi connectivity index (χ0v) is 8.84. The minimum Gasteiger partial charge on any atom is -0.388 e. The van der Waals surface area contributed by atoms with Crippen molar-refractivity contribution in [1.29, 1.82) is 0 Å². The van der Waals surface area contributed by atoms with Crippen LogP contribution in [0.3, 0.4) is 0 Å². The molecule has 0 aromatic heterocycles. The molecule has 0 unspecified atom stereocenters. The van der Waals surface area contributed by atoms with Gasteiger partial charge in [-0.2, -0.15) is 0 Å². The molecule has 0 saturated carbocycles. The van der Waals surface area contributed by atoms with Crippen molar-refractivity contribution in [2.24, 2.45) is 27.4 Å². The molecule has 1 rings (SSSR count). The van der Waals surface area contributed by atoms with Crippen molar-refractivity contribution >= 4 is 18.1 Å². The first-order valence-electron chi connectivity index (χ1n) is 4.53. The molecule has 6 nitrogen and oxygen atoms in total. The van der Waals surface area contributed by atoms with Crippen LogP contribution in [0, 0.1) is 6.92 Å². The molecule has 1 amide bonds. The third-order valence-electron chi connectivity index (χ3n) is 2.02. The van der Waals surface area contributed by atoms with Crippen LogP contribution in [0.4, 0.5) is 0 Å². The minimum absolute atomic E-state index is 0.223. The molecule has 0 bridgehead atoms. The van der Waals surface area contributed by atoms with E-state index in [1.54, 1.807) is 25.1 Å². The van der Waals surface area contributed by atoms with Crippen molar-refractivity contribution in [3.05, 3.63) is 34.9 Å². The smallest absolute Gasteiger partial charge is 0.248 e. The lowest BCUT2D eigenvalue weighted by atomic mass is 10.0. The SMILES string of the molecule is Cc1cc(/C(N)=N/N=C\N)ccc1C(N)=O. The van der Waals surface area contributed by atoms with E-state index in [0.717, 1.165) is 11.9 Å². The first-order chi connectivity index (χ1) is 7.56. The molecular weight excluding hydrogens is 206 g/mol. The van der Waals surface area contributed by atoms with Gasteiger partial charge in [0.1, 0.15) is 6.34 Å². The van der Waals surface area contributed by atoms with Crippen molar-refractivity contribution < 1.29 is 4.79 Å². The summed E-state index contributed by atoms with van der Waals surface area (Å²) >= 11 is 0. The molecule has 1 aromatic rings. The van der Waals surface area contributed by atoms with Crippen LogP contribution in [0.15, 0.2) is 28.4 Å². The van der Waals surface area contributed by atoms with Gasteiger partial charge in [0.2, 0.25) is 5.91 Å². The van der Waals surface area contributed by atoms with Crippen molar-refractivity contribution in [2.45, 2.75) is 6.92 Å². The maximum Gasteiger partial charge on any atom is 0.248 e. The van der Waals surface area contributed by atoms with Gasteiger partial charge in [-0.05, 0) is 24.6 Å². The molecule has 0 saturated heterocycles. The third kappa shape index (κ3) is 2.57. The van der Waals surface area contributed by atoms with Crippen LogP contribution in [-0.4, -0.2) is 18.1 Å². The number of hydrogen-bond donors (Lipinski definition) is 3. The van der Waals surface area contributed by atoms with E-state index in [9.17, 15) is 4.79 Å². The summed E-state index contributed by atoms with van der Waals surface area (Å²) in [4.78, 5) is 11.0. The normalized spacial score (nSPS) is 11.9. The van der Waals surface area contributed by atoms with Gasteiger partial charge < -0.3 is 17.2 Å². The number of hydrogen-bond acceptors (Lipinski definition) is 3. The second-order valence-electron chi connectivity index (χ2n) is 3.14. The molecule has 6 N–H and O–H groups in total. The van der Waals surface area contributed by atoms with Gasteiger partial charge in [-0.15, -0.1) is 10.2 Å². The zero-order valence-electron chi connectivity index (χ0n) is 8.84. The fraction of sp³-hybridized carbons (Fsp3) is 0.100. The highest BCUT2D eigenvalue weighted by Gasteiger charge is 2.06. The molecule has 6 heteroatoms. The van der Waals surface area contributed by atoms with Crippen LogP contribution in [-0.2, 0) is 0 Å². The first kappa shape index (κ1) is 11.7. The van der Waals surface area contributed by atoms with Crippen LogP contribution in [0.2, 0.25) is 0 Å². The third-order valence-corrected chi connectivity index (χ3v) is 2.02. The van der Waals surface area contributed by atoms with Crippen LogP contribution < -0.4 is 17.2 Å². The van der Waals surface area contributed by atoms with E-state index in [1.807, 2.05) is 0 Å². The summed E-state index contributed by atoms with van der Waals surface area (Å²) in [6.45, 7) is 1.77. The molecule has 0 aliphatic carbocycles. The molecule has 1 aromatic carbocycles. The zero-order chi connectivity index (χ0) is 12.1. The molecule has 0 aliphatic rings. The molecule has 0 heterocycles. The topological polar surface area (TPSA) is 120 Å². The van der Waals surface area contributed by atoms with Gasteiger partial charge in [-0.3, -0.25) is 4.79 Å². The van der Waals surface area contributed by atoms with Crippen LogP contribution in [0.25, 0.3) is 0 Å². The van der Waals surface area contributed by atoms with Gasteiger partial charge in [-0.1, -0.05) is 6.07 Å². The van der Waals surface area contributed by atoms with Crippen molar-refractivity contribution in [1.82, 2.24) is 0 Å². The van der Waals surface area contributed by atoms with Crippen LogP contribution in [0.1, 0.15) is 21.5 Å². The molecule has 0 aliphatic heterocycles. The summed E-state index contributed by atoms with van der Waals surface area (Å²) in [5, 5.41) is 7.11. The Balaban J connectivity index is 3.11. The number of carbonyl (C=O) groups excluding carboxylic acids is 1. The average molecular weight is 219 g/mol. The van der Waals surface area contributed by atoms with E-state index in [4.69, 9.17) is 17.2 Å². The quantitative estimate of drug-likeness (QED) is 0.367. The monoisotopic (exact) mass is 219 g/mol. The minimum atomic E-state index is -0.473. The molecule has 0 fully saturated rings. The number of rotatable bonds is 3. The van der Waals surface area contributed by atoms with E-state index < -0.39 is 5.91 Å². The average Bonchev–Trinajstić information content (AvgIpc) is 2.25. The highest BCUT2D eigenvalue weighted by Crippen LogP contribution is 2.10. The Bertz CT molecular complexity index is 464. The molecular formula is C10H13N5O. The summed E-state index contributed by atoms with van der Waals surface area (Å²) in [5.74, 6) is -0.250. The second-order valence-corrected chi connectivity index (χ2v) is 3.14. The molecule has 0 radical (unpaired) electrons. The molecule has 0 atom stereocenters. The number of primary amides is 1. The van der Waals surface area contributed by atoms with Crippen LogP contribution >= 0.6 is 0 Å². The van der Waals surface area contributed by atoms with E-state index in [-0.39, 0.29) is 5.84 Å². The van der Waals surface area contributed by atoms with Crippen molar-refractivity contribution in [2.75, 3.05) is 0 Å². The van der Waals surface area contributed by atoms with Gasteiger partial charge >= 0.3 is 0 Å². The van der Waals surface area contributed by atoms with Gasteiger partial charge in [0.25, 0.3) is 0 Å². The van der Waals surface area contributed by atoms with Gasteiger partial charge in [-0.25, -0.2) is 0 Å². The van der Waals surface area contributed by atoms with Gasteiger partial charge in [0.15, 0.2) is 5.84 Å². The predicted octanol–water partition coefficient (Wildman–Crippen LogP) is -0.299. The number of amidine groups is 1. The maximum atomic E-state index is 11.0. The molecule has 0 spiro atoms. The van der Waals surface area contributed by atoms with Gasteiger partial charge in [0, 0.05) is 11.1 Å². The fourth-order valence-corrected chi connectivity index (χ4v) is 1.25. The van der Waals surface area contributed by atoms with E-state index in [0.29, 0.717) is 11.1 Å². The Labute approximate surface area is 92.8 Å². The van der Waals surface area contributed by atoms with Crippen molar-refractivity contribution in [3.8, 4) is 0 Å². The summed E-state index contributed by atoms with van der Waals surface area (Å²) in [5.41, 5.74) is 17.7. The van der Waals surface area contributed by atoms with Gasteiger partial charge in [0.05, 0.1) is 0 Å². The fourth-order valence-electron chi connectivity index (χ4n) is 1.25. The Morgan fingerprint density at radius 3 is 2.56 bits per heavy atom.